The van der Waals surface area contributed by atoms with Gasteiger partial charge in [-0.15, -0.1) is 16.2 Å². The zero-order chi connectivity index (χ0) is 17.0. The van der Waals surface area contributed by atoms with Gasteiger partial charge in [0, 0.05) is 19.3 Å². The van der Waals surface area contributed by atoms with Crippen molar-refractivity contribution in [1.29, 1.82) is 0 Å². The number of nitrogens with one attached hydrogen (secondary N) is 1. The van der Waals surface area contributed by atoms with Gasteiger partial charge in [-0.2, -0.15) is 0 Å². The van der Waals surface area contributed by atoms with Crippen LogP contribution in [0.1, 0.15) is 4.88 Å². The average molecular weight is 390 g/mol. The van der Waals surface area contributed by atoms with E-state index in [0.717, 1.165) is 4.88 Å². The van der Waals surface area contributed by atoms with Crippen LogP contribution in [-0.4, -0.2) is 44.7 Å². The van der Waals surface area contributed by atoms with Gasteiger partial charge in [-0.1, -0.05) is 11.6 Å². The summed E-state index contributed by atoms with van der Waals surface area (Å²) >= 11 is 7.10. The molecule has 10 heteroatoms. The molecule has 3 rings (SSSR count). The Kier molecular flexibility index (Phi) is 5.69. The Labute approximate surface area is 149 Å². The molecule has 130 valence electrons. The van der Waals surface area contributed by atoms with Gasteiger partial charge < -0.3 is 9.47 Å². The number of hydrazine groups is 1. The van der Waals surface area contributed by atoms with Gasteiger partial charge in [0.25, 0.3) is 10.0 Å². The highest BCUT2D eigenvalue weighted by Gasteiger charge is 2.20. The third kappa shape index (κ3) is 4.65. The van der Waals surface area contributed by atoms with Crippen LogP contribution in [0.4, 0.5) is 0 Å². The first-order valence-electron chi connectivity index (χ1n) is 7.21. The Morgan fingerprint density at radius 3 is 2.62 bits per heavy atom. The molecule has 7 nitrogen and oxygen atoms in total. The predicted molar refractivity (Wildman–Crippen MR) is 90.6 cm³/mol. The summed E-state index contributed by atoms with van der Waals surface area (Å²) in [6.45, 7) is 2.41. The number of nitrogens with zero attached hydrogens (tertiary/aromatic N) is 2. The monoisotopic (exact) mass is 389 g/mol. The van der Waals surface area contributed by atoms with E-state index < -0.39 is 10.0 Å². The van der Waals surface area contributed by atoms with E-state index in [1.165, 1.54) is 23.5 Å². The molecular weight excluding hydrogens is 374 g/mol. The van der Waals surface area contributed by atoms with Crippen LogP contribution < -0.4 is 9.57 Å². The Bertz CT molecular complexity index is 774. The van der Waals surface area contributed by atoms with E-state index in [4.69, 9.17) is 21.1 Å². The number of rotatable bonds is 6. The summed E-state index contributed by atoms with van der Waals surface area (Å²) in [4.78, 5) is 7.57. The summed E-state index contributed by atoms with van der Waals surface area (Å²) in [6, 6.07) is 6.27. The molecule has 1 aromatic carbocycles. The zero-order valence-electron chi connectivity index (χ0n) is 12.6. The molecule has 0 aliphatic carbocycles. The fraction of sp³-hybridized carbons (Fsp3) is 0.357. The second kappa shape index (κ2) is 7.77. The number of sulfonamides is 1. The molecule has 1 saturated heterocycles. The summed E-state index contributed by atoms with van der Waals surface area (Å²) in [5, 5.41) is 1.64. The Hall–Kier alpha value is -1.23. The first-order chi connectivity index (χ1) is 11.5. The van der Waals surface area contributed by atoms with Gasteiger partial charge in [-0.3, -0.25) is 0 Å². The molecule has 1 fully saturated rings. The quantitative estimate of drug-likeness (QED) is 0.812. The summed E-state index contributed by atoms with van der Waals surface area (Å²) in [5.74, 6) is 0.574. The Morgan fingerprint density at radius 2 is 2.00 bits per heavy atom. The van der Waals surface area contributed by atoms with Gasteiger partial charge in [0.1, 0.15) is 12.4 Å². The highest BCUT2D eigenvalue weighted by molar-refractivity contribution is 7.89. The molecule has 0 amide bonds. The number of morpholine rings is 1. The van der Waals surface area contributed by atoms with E-state index in [0.29, 0.717) is 43.1 Å². The summed E-state index contributed by atoms with van der Waals surface area (Å²) in [5.41, 5.74) is 0. The predicted octanol–water partition coefficient (Wildman–Crippen LogP) is 1.90. The number of ether oxygens (including phenoxy) is 2. The number of benzene rings is 1. The van der Waals surface area contributed by atoms with Crippen LogP contribution in [0.5, 0.6) is 5.75 Å². The van der Waals surface area contributed by atoms with E-state index >= 15 is 0 Å². The van der Waals surface area contributed by atoms with Gasteiger partial charge in [0.15, 0.2) is 4.47 Å². The van der Waals surface area contributed by atoms with Crippen LogP contribution in [-0.2, 0) is 21.4 Å². The number of hydrogen-bond donors (Lipinski definition) is 1. The lowest BCUT2D eigenvalue weighted by atomic mass is 10.3. The van der Waals surface area contributed by atoms with Crippen LogP contribution >= 0.6 is 22.9 Å². The van der Waals surface area contributed by atoms with Crippen molar-refractivity contribution >= 4 is 33.0 Å². The van der Waals surface area contributed by atoms with Crippen molar-refractivity contribution in [3.8, 4) is 5.75 Å². The van der Waals surface area contributed by atoms with Crippen LogP contribution in [0.15, 0.2) is 35.4 Å². The molecule has 2 heterocycles. The third-order valence-electron chi connectivity index (χ3n) is 3.30. The number of thiazole rings is 1. The van der Waals surface area contributed by atoms with Gasteiger partial charge >= 0.3 is 0 Å². The second-order valence-electron chi connectivity index (χ2n) is 5.03. The maximum Gasteiger partial charge on any atom is 0.253 e. The minimum Gasteiger partial charge on any atom is -0.488 e. The maximum absolute atomic E-state index is 12.3. The topological polar surface area (TPSA) is 80.8 Å². The molecular formula is C14H16ClN3O4S2. The minimum atomic E-state index is -3.60. The highest BCUT2D eigenvalue weighted by Crippen LogP contribution is 2.21. The summed E-state index contributed by atoms with van der Waals surface area (Å²) in [6.07, 6.45) is 1.65. The zero-order valence-corrected chi connectivity index (χ0v) is 15.0. The van der Waals surface area contributed by atoms with Crippen molar-refractivity contribution in [1.82, 2.24) is 14.8 Å². The number of aromatic nitrogens is 1. The van der Waals surface area contributed by atoms with Crippen molar-refractivity contribution in [2.45, 2.75) is 11.5 Å². The van der Waals surface area contributed by atoms with E-state index in [2.05, 4.69) is 9.82 Å². The molecule has 1 aliphatic heterocycles. The van der Waals surface area contributed by atoms with Crippen molar-refractivity contribution < 1.29 is 17.9 Å². The highest BCUT2D eigenvalue weighted by atomic mass is 35.5. The summed E-state index contributed by atoms with van der Waals surface area (Å²) in [7, 11) is -3.60. The molecule has 0 unspecified atom stereocenters. The van der Waals surface area contributed by atoms with Crippen LogP contribution in [0.3, 0.4) is 0 Å². The lowest BCUT2D eigenvalue weighted by Gasteiger charge is -2.26. The maximum atomic E-state index is 12.3. The fourth-order valence-corrected chi connectivity index (χ4v) is 4.11. The molecule has 0 saturated carbocycles. The van der Waals surface area contributed by atoms with Crippen LogP contribution in [0.2, 0.25) is 4.47 Å². The molecule has 0 bridgehead atoms. The van der Waals surface area contributed by atoms with Gasteiger partial charge in [-0.05, 0) is 24.3 Å². The van der Waals surface area contributed by atoms with E-state index in [1.54, 1.807) is 23.3 Å². The normalized spacial score (nSPS) is 16.2. The van der Waals surface area contributed by atoms with Crippen molar-refractivity contribution in [2.24, 2.45) is 0 Å². The van der Waals surface area contributed by atoms with Crippen LogP contribution in [0, 0.1) is 0 Å². The molecule has 0 radical (unpaired) electrons. The molecule has 0 atom stereocenters. The van der Waals surface area contributed by atoms with Crippen molar-refractivity contribution in [3.63, 3.8) is 0 Å². The lowest BCUT2D eigenvalue weighted by molar-refractivity contribution is 0.0272. The lowest BCUT2D eigenvalue weighted by Crippen LogP contribution is -2.48. The SMILES string of the molecule is O=S(=O)(NN1CCOCC1)c1ccc(OCc2cnc(Cl)s2)cc1. The first-order valence-corrected chi connectivity index (χ1v) is 9.89. The van der Waals surface area contributed by atoms with Crippen molar-refractivity contribution in [2.75, 3.05) is 26.3 Å². The van der Waals surface area contributed by atoms with Gasteiger partial charge in [0.2, 0.25) is 0 Å². The van der Waals surface area contributed by atoms with Gasteiger partial charge in [0.05, 0.1) is 23.0 Å². The number of halogens is 1. The Morgan fingerprint density at radius 1 is 1.29 bits per heavy atom. The molecule has 1 aliphatic rings. The van der Waals surface area contributed by atoms with Crippen molar-refractivity contribution in [3.05, 3.63) is 39.8 Å². The van der Waals surface area contributed by atoms with E-state index in [9.17, 15) is 8.42 Å². The minimum absolute atomic E-state index is 0.183. The largest absolute Gasteiger partial charge is 0.488 e. The Balaban J connectivity index is 1.60. The molecule has 24 heavy (non-hydrogen) atoms. The number of hydrogen-bond acceptors (Lipinski definition) is 7. The third-order valence-corrected chi connectivity index (χ3v) is 5.78. The molecule has 2 aromatic rings. The molecule has 0 spiro atoms. The van der Waals surface area contributed by atoms with E-state index in [-0.39, 0.29) is 4.90 Å². The van der Waals surface area contributed by atoms with Gasteiger partial charge in [-0.25, -0.2) is 18.4 Å². The fourth-order valence-electron chi connectivity index (χ4n) is 2.10. The standard InChI is InChI=1S/C14H16ClN3O4S2/c15-14-16-9-12(23-14)10-22-11-1-3-13(4-2-11)24(19,20)17-18-5-7-21-8-6-18/h1-4,9,17H,5-8,10H2. The average Bonchev–Trinajstić information content (AvgIpc) is 2.99. The smallest absolute Gasteiger partial charge is 0.253 e. The molecule has 1 N–H and O–H groups in total. The summed E-state index contributed by atoms with van der Waals surface area (Å²) < 4.78 is 35.9. The molecule has 1 aromatic heterocycles. The van der Waals surface area contributed by atoms with E-state index in [1.807, 2.05) is 0 Å². The second-order valence-corrected chi connectivity index (χ2v) is 8.39. The van der Waals surface area contributed by atoms with Crippen LogP contribution in [0.25, 0.3) is 0 Å². The first kappa shape index (κ1) is 17.6.